The van der Waals surface area contributed by atoms with Crippen LogP contribution in [0.4, 0.5) is 0 Å². The maximum absolute atomic E-state index is 12.5. The molecule has 1 aromatic carbocycles. The number of rotatable bonds is 6. The van der Waals surface area contributed by atoms with Crippen LogP contribution in [0.3, 0.4) is 0 Å². The second-order valence-corrected chi connectivity index (χ2v) is 6.16. The van der Waals surface area contributed by atoms with Gasteiger partial charge in [-0.2, -0.15) is 0 Å². The molecule has 1 N–H and O–H groups in total. The van der Waals surface area contributed by atoms with Gasteiger partial charge in [0.2, 0.25) is 5.91 Å². The first-order valence-electron chi connectivity index (χ1n) is 8.05. The molecule has 0 radical (unpaired) electrons. The smallest absolute Gasteiger partial charge is 0.255 e. The number of benzene rings is 1. The molecule has 2 aromatic rings. The predicted molar refractivity (Wildman–Crippen MR) is 94.6 cm³/mol. The van der Waals surface area contributed by atoms with Crippen molar-refractivity contribution in [3.8, 4) is 5.75 Å². The van der Waals surface area contributed by atoms with Gasteiger partial charge < -0.3 is 19.4 Å². The van der Waals surface area contributed by atoms with E-state index in [4.69, 9.17) is 9.15 Å². The summed E-state index contributed by atoms with van der Waals surface area (Å²) in [6, 6.07) is 4.93. The molecule has 0 aliphatic carbocycles. The molecule has 2 rings (SSSR count). The summed E-state index contributed by atoms with van der Waals surface area (Å²) in [7, 11) is 3.37. The SMILES string of the molecule is COc1c(C)cc(CN(C)C(=O)[C@H](C)NC(=O)c2ccoc2)cc1C. The summed E-state index contributed by atoms with van der Waals surface area (Å²) in [6.07, 6.45) is 2.76. The molecule has 25 heavy (non-hydrogen) atoms. The van der Waals surface area contributed by atoms with Gasteiger partial charge in [0.25, 0.3) is 5.91 Å². The first-order chi connectivity index (χ1) is 11.8. The maximum atomic E-state index is 12.5. The molecule has 1 heterocycles. The molecule has 6 heteroatoms. The van der Waals surface area contributed by atoms with Gasteiger partial charge in [0, 0.05) is 13.6 Å². The lowest BCUT2D eigenvalue weighted by atomic mass is 10.1. The second kappa shape index (κ2) is 7.88. The van der Waals surface area contributed by atoms with Gasteiger partial charge in [-0.1, -0.05) is 12.1 Å². The third kappa shape index (κ3) is 4.41. The van der Waals surface area contributed by atoms with E-state index >= 15 is 0 Å². The third-order valence-corrected chi connectivity index (χ3v) is 4.02. The lowest BCUT2D eigenvalue weighted by molar-refractivity contribution is -0.132. The summed E-state index contributed by atoms with van der Waals surface area (Å²) >= 11 is 0. The minimum atomic E-state index is -0.632. The summed E-state index contributed by atoms with van der Waals surface area (Å²) in [5.41, 5.74) is 3.46. The van der Waals surface area contributed by atoms with Crippen LogP contribution in [0, 0.1) is 13.8 Å². The first-order valence-corrected chi connectivity index (χ1v) is 8.05. The highest BCUT2D eigenvalue weighted by Crippen LogP contribution is 2.24. The van der Waals surface area contributed by atoms with E-state index in [9.17, 15) is 9.59 Å². The number of furan rings is 1. The Balaban J connectivity index is 2.01. The van der Waals surface area contributed by atoms with Crippen LogP contribution in [0.1, 0.15) is 34.0 Å². The van der Waals surface area contributed by atoms with Crippen molar-refractivity contribution >= 4 is 11.8 Å². The van der Waals surface area contributed by atoms with Crippen LogP contribution in [0.2, 0.25) is 0 Å². The first kappa shape index (κ1) is 18.6. The number of hydrogen-bond donors (Lipinski definition) is 1. The van der Waals surface area contributed by atoms with Crippen LogP contribution < -0.4 is 10.1 Å². The van der Waals surface area contributed by atoms with Crippen molar-refractivity contribution in [3.63, 3.8) is 0 Å². The fourth-order valence-electron chi connectivity index (χ4n) is 2.87. The zero-order valence-electron chi connectivity index (χ0n) is 15.3. The van der Waals surface area contributed by atoms with Gasteiger partial charge in [-0.05, 0) is 43.5 Å². The Morgan fingerprint density at radius 1 is 1.28 bits per heavy atom. The van der Waals surface area contributed by atoms with Crippen molar-refractivity contribution in [2.45, 2.75) is 33.4 Å². The van der Waals surface area contributed by atoms with Crippen LogP contribution >= 0.6 is 0 Å². The molecule has 0 aliphatic heterocycles. The number of methoxy groups -OCH3 is 1. The van der Waals surface area contributed by atoms with Crippen molar-refractivity contribution in [1.82, 2.24) is 10.2 Å². The van der Waals surface area contributed by atoms with Crippen molar-refractivity contribution < 1.29 is 18.7 Å². The summed E-state index contributed by atoms with van der Waals surface area (Å²) in [5, 5.41) is 2.68. The van der Waals surface area contributed by atoms with Crippen LogP contribution in [-0.4, -0.2) is 36.9 Å². The zero-order chi connectivity index (χ0) is 18.6. The van der Waals surface area contributed by atoms with Gasteiger partial charge in [-0.25, -0.2) is 0 Å². The summed E-state index contributed by atoms with van der Waals surface area (Å²) in [6.45, 7) is 6.08. The van der Waals surface area contributed by atoms with Gasteiger partial charge in [0.1, 0.15) is 18.1 Å². The number of nitrogens with zero attached hydrogens (tertiary/aromatic N) is 1. The quantitative estimate of drug-likeness (QED) is 0.874. The Labute approximate surface area is 147 Å². The third-order valence-electron chi connectivity index (χ3n) is 4.02. The number of nitrogens with one attached hydrogen (secondary N) is 1. The number of hydrogen-bond acceptors (Lipinski definition) is 4. The molecule has 0 saturated heterocycles. The van der Waals surface area contributed by atoms with Crippen LogP contribution in [0.25, 0.3) is 0 Å². The van der Waals surface area contributed by atoms with E-state index in [1.165, 1.54) is 12.5 Å². The van der Waals surface area contributed by atoms with Gasteiger partial charge in [-0.3, -0.25) is 9.59 Å². The molecule has 0 spiro atoms. The Morgan fingerprint density at radius 3 is 2.44 bits per heavy atom. The van der Waals surface area contributed by atoms with E-state index in [0.29, 0.717) is 12.1 Å². The predicted octanol–water partition coefficient (Wildman–Crippen LogP) is 2.68. The standard InChI is InChI=1S/C19H24N2O4/c1-12-8-15(9-13(2)17(12)24-5)10-21(4)19(23)14(3)20-18(22)16-6-7-25-11-16/h6-9,11,14H,10H2,1-5H3,(H,20,22)/t14-/m0/s1. The molecule has 6 nitrogen and oxygen atoms in total. The minimum absolute atomic E-state index is 0.164. The van der Waals surface area contributed by atoms with Crippen LogP contribution in [0.5, 0.6) is 5.75 Å². The molecule has 0 bridgehead atoms. The maximum Gasteiger partial charge on any atom is 0.255 e. The number of amides is 2. The van der Waals surface area contributed by atoms with E-state index in [-0.39, 0.29) is 11.8 Å². The van der Waals surface area contributed by atoms with E-state index in [2.05, 4.69) is 5.32 Å². The minimum Gasteiger partial charge on any atom is -0.496 e. The van der Waals surface area contributed by atoms with Gasteiger partial charge in [0.15, 0.2) is 0 Å². The van der Waals surface area contributed by atoms with Gasteiger partial charge >= 0.3 is 0 Å². The Hall–Kier alpha value is -2.76. The van der Waals surface area contributed by atoms with Crippen molar-refractivity contribution in [1.29, 1.82) is 0 Å². The second-order valence-electron chi connectivity index (χ2n) is 6.16. The zero-order valence-corrected chi connectivity index (χ0v) is 15.3. The summed E-state index contributed by atoms with van der Waals surface area (Å²) in [5.74, 6) is 0.362. The molecule has 2 amide bonds. The Bertz CT molecular complexity index is 730. The number of carbonyl (C=O) groups excluding carboxylic acids is 2. The molecule has 134 valence electrons. The average Bonchev–Trinajstić information content (AvgIpc) is 3.08. The highest BCUT2D eigenvalue weighted by atomic mass is 16.5. The monoisotopic (exact) mass is 344 g/mol. The van der Waals surface area contributed by atoms with Crippen molar-refractivity contribution in [2.24, 2.45) is 0 Å². The lowest BCUT2D eigenvalue weighted by Crippen LogP contribution is -2.45. The lowest BCUT2D eigenvalue weighted by Gasteiger charge is -2.23. The largest absolute Gasteiger partial charge is 0.496 e. The fraction of sp³-hybridized carbons (Fsp3) is 0.368. The van der Waals surface area contributed by atoms with Crippen LogP contribution in [0.15, 0.2) is 35.1 Å². The highest BCUT2D eigenvalue weighted by molar-refractivity contribution is 5.97. The normalized spacial score (nSPS) is 11.7. The van der Waals surface area contributed by atoms with E-state index in [1.54, 1.807) is 32.0 Å². The molecule has 1 atom stereocenters. The van der Waals surface area contributed by atoms with Crippen molar-refractivity contribution in [2.75, 3.05) is 14.2 Å². The van der Waals surface area contributed by atoms with E-state index < -0.39 is 6.04 Å². The van der Waals surface area contributed by atoms with E-state index in [0.717, 1.165) is 22.4 Å². The number of aryl methyl sites for hydroxylation is 2. The number of carbonyl (C=O) groups is 2. The highest BCUT2D eigenvalue weighted by Gasteiger charge is 2.21. The molecule has 1 aromatic heterocycles. The van der Waals surface area contributed by atoms with Gasteiger partial charge in [-0.15, -0.1) is 0 Å². The van der Waals surface area contributed by atoms with E-state index in [1.807, 2.05) is 26.0 Å². The summed E-state index contributed by atoms with van der Waals surface area (Å²) < 4.78 is 10.2. The molecule has 0 saturated carbocycles. The van der Waals surface area contributed by atoms with Crippen LogP contribution in [-0.2, 0) is 11.3 Å². The Morgan fingerprint density at radius 2 is 1.92 bits per heavy atom. The Kier molecular flexibility index (Phi) is 5.85. The number of likely N-dealkylation sites (N-methyl/N-ethyl adjacent to an activating group) is 1. The number of ether oxygens (including phenoxy) is 1. The molecule has 0 fully saturated rings. The van der Waals surface area contributed by atoms with Gasteiger partial charge in [0.05, 0.1) is 18.9 Å². The molecular weight excluding hydrogens is 320 g/mol. The van der Waals surface area contributed by atoms with Crippen molar-refractivity contribution in [3.05, 3.63) is 53.0 Å². The summed E-state index contributed by atoms with van der Waals surface area (Å²) in [4.78, 5) is 26.1. The fourth-order valence-corrected chi connectivity index (χ4v) is 2.87. The molecule has 0 aliphatic rings. The average molecular weight is 344 g/mol. The topological polar surface area (TPSA) is 71.8 Å². The molecule has 0 unspecified atom stereocenters. The molecular formula is C19H24N2O4.